The summed E-state index contributed by atoms with van der Waals surface area (Å²) >= 11 is 0. The third kappa shape index (κ3) is 4.00. The number of hydrogen-bond acceptors (Lipinski definition) is 3. The zero-order valence-electron chi connectivity index (χ0n) is 10.8. The van der Waals surface area contributed by atoms with Crippen molar-refractivity contribution in [1.82, 2.24) is 5.01 Å². The maximum atomic E-state index is 11.7. The second-order valence-electron chi connectivity index (χ2n) is 5.80. The lowest BCUT2D eigenvalue weighted by atomic mass is 9.87. The fourth-order valence-electron chi connectivity index (χ4n) is 1.98. The molecule has 1 amide bonds. The van der Waals surface area contributed by atoms with E-state index >= 15 is 0 Å². The molecule has 0 spiro atoms. The van der Waals surface area contributed by atoms with Crippen LogP contribution >= 0.6 is 0 Å². The summed E-state index contributed by atoms with van der Waals surface area (Å²) in [4.78, 5) is 11.7. The highest BCUT2D eigenvalue weighted by molar-refractivity contribution is 5.67. The van der Waals surface area contributed by atoms with E-state index in [1.807, 2.05) is 20.8 Å². The van der Waals surface area contributed by atoms with Crippen molar-refractivity contribution in [2.45, 2.75) is 65.0 Å². The van der Waals surface area contributed by atoms with Gasteiger partial charge in [0.15, 0.2) is 0 Å². The molecule has 1 rings (SSSR count). The average Bonchev–Trinajstić information content (AvgIpc) is 2.15. The van der Waals surface area contributed by atoms with E-state index < -0.39 is 11.7 Å². The van der Waals surface area contributed by atoms with Gasteiger partial charge in [-0.3, -0.25) is 0 Å². The first kappa shape index (κ1) is 13.3. The molecule has 1 fully saturated rings. The van der Waals surface area contributed by atoms with Crippen LogP contribution in [0.15, 0.2) is 0 Å². The minimum atomic E-state index is -0.476. The van der Waals surface area contributed by atoms with Crippen molar-refractivity contribution in [2.24, 2.45) is 11.8 Å². The fourth-order valence-corrected chi connectivity index (χ4v) is 1.98. The predicted octanol–water partition coefficient (Wildman–Crippen LogP) is 2.68. The van der Waals surface area contributed by atoms with Crippen LogP contribution in [0.5, 0.6) is 0 Å². The zero-order valence-corrected chi connectivity index (χ0v) is 10.8. The van der Waals surface area contributed by atoms with Gasteiger partial charge in [-0.05, 0) is 52.4 Å². The van der Waals surface area contributed by atoms with Crippen LogP contribution in [0.3, 0.4) is 0 Å². The third-order valence-electron chi connectivity index (χ3n) is 2.98. The van der Waals surface area contributed by atoms with Crippen LogP contribution in [0, 0.1) is 5.92 Å². The molecule has 0 bridgehead atoms. The van der Waals surface area contributed by atoms with E-state index in [4.69, 9.17) is 10.6 Å². The summed E-state index contributed by atoms with van der Waals surface area (Å²) in [5.41, 5.74) is -0.476. The highest BCUT2D eigenvalue weighted by Crippen LogP contribution is 2.26. The largest absolute Gasteiger partial charge is 0.443 e. The first-order valence-electron chi connectivity index (χ1n) is 6.06. The molecule has 0 atom stereocenters. The van der Waals surface area contributed by atoms with Crippen LogP contribution in [0.1, 0.15) is 53.4 Å². The van der Waals surface area contributed by atoms with E-state index in [-0.39, 0.29) is 6.04 Å². The monoisotopic (exact) mass is 228 g/mol. The standard InChI is InChI=1S/C12H24N2O2/c1-9-5-7-10(8-6-9)14(13)11(15)16-12(2,3)4/h9-10H,5-8,13H2,1-4H3. The highest BCUT2D eigenvalue weighted by atomic mass is 16.6. The molecular formula is C12H24N2O2. The van der Waals surface area contributed by atoms with Crippen LogP contribution in [0.4, 0.5) is 4.79 Å². The number of ether oxygens (including phenoxy) is 1. The number of carbonyl (C=O) groups is 1. The minimum Gasteiger partial charge on any atom is -0.443 e. The predicted molar refractivity (Wildman–Crippen MR) is 63.7 cm³/mol. The van der Waals surface area contributed by atoms with Gasteiger partial charge in [0.05, 0.1) is 6.04 Å². The first-order valence-corrected chi connectivity index (χ1v) is 6.06. The van der Waals surface area contributed by atoms with E-state index in [1.165, 1.54) is 5.01 Å². The second-order valence-corrected chi connectivity index (χ2v) is 5.80. The molecule has 16 heavy (non-hydrogen) atoms. The topological polar surface area (TPSA) is 55.6 Å². The normalized spacial score (nSPS) is 26.3. The highest BCUT2D eigenvalue weighted by Gasteiger charge is 2.28. The number of hydrazine groups is 1. The summed E-state index contributed by atoms with van der Waals surface area (Å²) in [7, 11) is 0. The van der Waals surface area contributed by atoms with Crippen LogP contribution in [0.2, 0.25) is 0 Å². The van der Waals surface area contributed by atoms with Crippen LogP contribution in [-0.2, 0) is 4.74 Å². The fraction of sp³-hybridized carbons (Fsp3) is 0.917. The molecule has 0 heterocycles. The van der Waals surface area contributed by atoms with Crippen molar-refractivity contribution in [1.29, 1.82) is 0 Å². The van der Waals surface area contributed by atoms with Crippen LogP contribution in [-0.4, -0.2) is 22.7 Å². The van der Waals surface area contributed by atoms with Gasteiger partial charge in [0.25, 0.3) is 0 Å². The maximum Gasteiger partial charge on any atom is 0.424 e. The zero-order chi connectivity index (χ0) is 12.3. The lowest BCUT2D eigenvalue weighted by molar-refractivity contribution is 0.0103. The number of hydrogen-bond donors (Lipinski definition) is 1. The Morgan fingerprint density at radius 3 is 2.19 bits per heavy atom. The Morgan fingerprint density at radius 2 is 1.75 bits per heavy atom. The Hall–Kier alpha value is -0.770. The van der Waals surface area contributed by atoms with Gasteiger partial charge in [0, 0.05) is 0 Å². The average molecular weight is 228 g/mol. The van der Waals surface area contributed by atoms with Gasteiger partial charge in [0.1, 0.15) is 5.60 Å². The summed E-state index contributed by atoms with van der Waals surface area (Å²) < 4.78 is 5.24. The lowest BCUT2D eigenvalue weighted by Crippen LogP contribution is -2.49. The Morgan fingerprint density at radius 1 is 1.25 bits per heavy atom. The Bertz CT molecular complexity index is 240. The number of amides is 1. The van der Waals surface area contributed by atoms with Crippen molar-refractivity contribution in [3.05, 3.63) is 0 Å². The van der Waals surface area contributed by atoms with Crippen molar-refractivity contribution in [2.75, 3.05) is 0 Å². The Balaban J connectivity index is 2.45. The van der Waals surface area contributed by atoms with Crippen LogP contribution < -0.4 is 5.84 Å². The smallest absolute Gasteiger partial charge is 0.424 e. The molecule has 0 aliphatic heterocycles. The van der Waals surface area contributed by atoms with Crippen molar-refractivity contribution in [3.8, 4) is 0 Å². The molecule has 2 N–H and O–H groups in total. The van der Waals surface area contributed by atoms with Crippen LogP contribution in [0.25, 0.3) is 0 Å². The van der Waals surface area contributed by atoms with Gasteiger partial charge >= 0.3 is 6.09 Å². The SMILES string of the molecule is CC1CCC(N(N)C(=O)OC(C)(C)C)CC1. The maximum absolute atomic E-state index is 11.7. The van der Waals surface area contributed by atoms with E-state index in [1.54, 1.807) is 0 Å². The molecular weight excluding hydrogens is 204 g/mol. The quantitative estimate of drug-likeness (QED) is 0.426. The van der Waals surface area contributed by atoms with E-state index in [0.717, 1.165) is 31.6 Å². The molecule has 0 unspecified atom stereocenters. The van der Waals surface area contributed by atoms with Gasteiger partial charge in [0.2, 0.25) is 0 Å². The van der Waals surface area contributed by atoms with E-state index in [9.17, 15) is 4.79 Å². The molecule has 1 aliphatic carbocycles. The first-order chi connectivity index (χ1) is 7.29. The minimum absolute atomic E-state index is 0.144. The number of rotatable bonds is 1. The summed E-state index contributed by atoms with van der Waals surface area (Å²) in [5.74, 6) is 6.56. The molecule has 0 aromatic carbocycles. The van der Waals surface area contributed by atoms with E-state index in [2.05, 4.69) is 6.92 Å². The molecule has 4 heteroatoms. The van der Waals surface area contributed by atoms with Gasteiger partial charge in [-0.25, -0.2) is 15.6 Å². The summed E-state index contributed by atoms with van der Waals surface area (Å²) in [5, 5.41) is 1.27. The molecule has 0 saturated heterocycles. The molecule has 0 radical (unpaired) electrons. The van der Waals surface area contributed by atoms with Crippen molar-refractivity contribution < 1.29 is 9.53 Å². The van der Waals surface area contributed by atoms with Gasteiger partial charge < -0.3 is 4.74 Å². The second kappa shape index (κ2) is 5.04. The van der Waals surface area contributed by atoms with Gasteiger partial charge in [-0.2, -0.15) is 0 Å². The van der Waals surface area contributed by atoms with E-state index in [0.29, 0.717) is 0 Å². The molecule has 0 aromatic heterocycles. The van der Waals surface area contributed by atoms with Crippen molar-refractivity contribution in [3.63, 3.8) is 0 Å². The third-order valence-corrected chi connectivity index (χ3v) is 2.98. The lowest BCUT2D eigenvalue weighted by Gasteiger charge is -2.33. The molecule has 0 aromatic rings. The Labute approximate surface area is 98.1 Å². The number of nitrogens with two attached hydrogens (primary N) is 1. The summed E-state index contributed by atoms with van der Waals surface area (Å²) in [6.07, 6.45) is 3.84. The van der Waals surface area contributed by atoms with Gasteiger partial charge in [-0.1, -0.05) is 6.92 Å². The molecule has 1 saturated carbocycles. The van der Waals surface area contributed by atoms with Gasteiger partial charge in [-0.15, -0.1) is 0 Å². The molecule has 1 aliphatic rings. The van der Waals surface area contributed by atoms with Crippen molar-refractivity contribution >= 4 is 6.09 Å². The molecule has 4 nitrogen and oxygen atoms in total. The number of carbonyl (C=O) groups excluding carboxylic acids is 1. The molecule has 94 valence electrons. The number of nitrogens with zero attached hydrogens (tertiary/aromatic N) is 1. The summed E-state index contributed by atoms with van der Waals surface area (Å²) in [6, 6.07) is 0.144. The Kier molecular flexibility index (Phi) is 4.19. The summed E-state index contributed by atoms with van der Waals surface area (Å²) in [6.45, 7) is 7.79.